The number of nitrogens with one attached hydrogen (secondary N) is 1. The fraction of sp³-hybridized carbons (Fsp3) is 0.500. The normalized spacial score (nSPS) is 19.0. The number of aromatic amines is 1. The molecular weight excluding hydrogens is 304 g/mol. The van der Waals surface area contributed by atoms with Crippen molar-refractivity contribution < 1.29 is 0 Å². The van der Waals surface area contributed by atoms with Crippen molar-refractivity contribution in [1.82, 2.24) is 39.2 Å². The molecule has 1 saturated heterocycles. The van der Waals surface area contributed by atoms with Crippen LogP contribution >= 0.6 is 0 Å². The summed E-state index contributed by atoms with van der Waals surface area (Å²) in [5, 5.41) is 8.88. The van der Waals surface area contributed by atoms with Crippen LogP contribution in [0, 0.1) is 0 Å². The van der Waals surface area contributed by atoms with Gasteiger partial charge in [-0.15, -0.1) is 10.2 Å². The van der Waals surface area contributed by atoms with Crippen LogP contribution in [-0.4, -0.2) is 52.3 Å². The molecule has 0 spiro atoms. The van der Waals surface area contributed by atoms with E-state index in [0.29, 0.717) is 12.5 Å². The SMILES string of the molecule is Cn1c(Cn2ccnc2)nnc1C1CCCN(Cc2cnc[nH]2)C1. The predicted molar refractivity (Wildman–Crippen MR) is 88.2 cm³/mol. The minimum atomic E-state index is 0.427. The molecule has 1 atom stereocenters. The first-order valence-corrected chi connectivity index (χ1v) is 8.33. The lowest BCUT2D eigenvalue weighted by atomic mass is 9.97. The van der Waals surface area contributed by atoms with Gasteiger partial charge in [-0.2, -0.15) is 0 Å². The van der Waals surface area contributed by atoms with E-state index >= 15 is 0 Å². The summed E-state index contributed by atoms with van der Waals surface area (Å²) in [6.07, 6.45) is 11.5. The zero-order chi connectivity index (χ0) is 16.4. The third-order valence-electron chi connectivity index (χ3n) is 4.70. The van der Waals surface area contributed by atoms with Gasteiger partial charge in [0.25, 0.3) is 0 Å². The lowest BCUT2D eigenvalue weighted by molar-refractivity contribution is 0.193. The molecule has 126 valence electrons. The predicted octanol–water partition coefficient (Wildman–Crippen LogP) is 1.16. The van der Waals surface area contributed by atoms with Gasteiger partial charge in [-0.25, -0.2) is 9.97 Å². The van der Waals surface area contributed by atoms with Gasteiger partial charge in [0.1, 0.15) is 5.82 Å². The molecule has 0 aromatic carbocycles. The lowest BCUT2D eigenvalue weighted by Crippen LogP contribution is -2.35. The number of rotatable bonds is 5. The van der Waals surface area contributed by atoms with Crippen LogP contribution in [0.25, 0.3) is 0 Å². The number of piperidine rings is 1. The number of imidazole rings is 2. The van der Waals surface area contributed by atoms with E-state index in [0.717, 1.165) is 43.4 Å². The topological polar surface area (TPSA) is 80.4 Å². The molecule has 1 aliphatic heterocycles. The molecule has 3 aromatic rings. The Kier molecular flexibility index (Phi) is 4.12. The first kappa shape index (κ1) is 15.1. The molecule has 1 fully saturated rings. The molecule has 0 radical (unpaired) electrons. The molecule has 4 heterocycles. The summed E-state index contributed by atoms with van der Waals surface area (Å²) in [7, 11) is 2.06. The van der Waals surface area contributed by atoms with Crippen LogP contribution in [0.1, 0.15) is 36.1 Å². The summed E-state index contributed by atoms with van der Waals surface area (Å²) in [6, 6.07) is 0. The summed E-state index contributed by atoms with van der Waals surface area (Å²) in [6.45, 7) is 3.75. The minimum absolute atomic E-state index is 0.427. The van der Waals surface area contributed by atoms with E-state index in [4.69, 9.17) is 0 Å². The van der Waals surface area contributed by atoms with Crippen molar-refractivity contribution in [2.75, 3.05) is 13.1 Å². The molecule has 8 nitrogen and oxygen atoms in total. The molecule has 1 N–H and O–H groups in total. The van der Waals surface area contributed by atoms with Gasteiger partial charge in [0, 0.05) is 50.3 Å². The van der Waals surface area contributed by atoms with Gasteiger partial charge in [-0.05, 0) is 19.4 Å². The highest BCUT2D eigenvalue weighted by molar-refractivity contribution is 5.05. The molecule has 24 heavy (non-hydrogen) atoms. The summed E-state index contributed by atoms with van der Waals surface area (Å²) < 4.78 is 4.16. The summed E-state index contributed by atoms with van der Waals surface area (Å²) >= 11 is 0. The summed E-state index contributed by atoms with van der Waals surface area (Å²) in [4.78, 5) is 13.8. The average molecular weight is 326 g/mol. The van der Waals surface area contributed by atoms with Crippen LogP contribution < -0.4 is 0 Å². The fourth-order valence-electron chi connectivity index (χ4n) is 3.43. The first-order chi connectivity index (χ1) is 11.8. The number of likely N-dealkylation sites (tertiary alicyclic amines) is 1. The van der Waals surface area contributed by atoms with Gasteiger partial charge in [-0.1, -0.05) is 0 Å². The smallest absolute Gasteiger partial charge is 0.152 e. The molecular formula is C16H22N8. The zero-order valence-corrected chi connectivity index (χ0v) is 13.8. The van der Waals surface area contributed by atoms with Gasteiger partial charge < -0.3 is 14.1 Å². The van der Waals surface area contributed by atoms with Crippen LogP contribution in [0.2, 0.25) is 0 Å². The van der Waals surface area contributed by atoms with Crippen LogP contribution in [-0.2, 0) is 20.1 Å². The first-order valence-electron chi connectivity index (χ1n) is 8.33. The molecule has 8 heteroatoms. The summed E-state index contributed by atoms with van der Waals surface area (Å²) in [5.41, 5.74) is 1.16. The minimum Gasteiger partial charge on any atom is -0.347 e. The van der Waals surface area contributed by atoms with E-state index < -0.39 is 0 Å². The van der Waals surface area contributed by atoms with Gasteiger partial charge >= 0.3 is 0 Å². The lowest BCUT2D eigenvalue weighted by Gasteiger charge is -2.31. The zero-order valence-electron chi connectivity index (χ0n) is 13.8. The maximum atomic E-state index is 4.48. The quantitative estimate of drug-likeness (QED) is 0.761. The van der Waals surface area contributed by atoms with Crippen molar-refractivity contribution in [2.45, 2.75) is 31.8 Å². The molecule has 3 aromatic heterocycles. The van der Waals surface area contributed by atoms with Crippen molar-refractivity contribution in [3.8, 4) is 0 Å². The Bertz CT molecular complexity index is 758. The van der Waals surface area contributed by atoms with Crippen LogP contribution in [0.4, 0.5) is 0 Å². The number of aromatic nitrogens is 7. The van der Waals surface area contributed by atoms with Gasteiger partial charge in [-0.3, -0.25) is 4.90 Å². The average Bonchev–Trinajstić information content (AvgIpc) is 3.33. The van der Waals surface area contributed by atoms with Crippen molar-refractivity contribution in [3.05, 3.63) is 48.6 Å². The van der Waals surface area contributed by atoms with E-state index in [-0.39, 0.29) is 0 Å². The van der Waals surface area contributed by atoms with Gasteiger partial charge in [0.05, 0.1) is 19.2 Å². The Hall–Kier alpha value is -2.48. The number of hydrogen-bond acceptors (Lipinski definition) is 5. The number of H-pyrrole nitrogens is 1. The highest BCUT2D eigenvalue weighted by atomic mass is 15.3. The molecule has 0 aliphatic carbocycles. The Labute approximate surface area is 140 Å². The van der Waals surface area contributed by atoms with Crippen molar-refractivity contribution in [3.63, 3.8) is 0 Å². The monoisotopic (exact) mass is 326 g/mol. The maximum absolute atomic E-state index is 4.48. The van der Waals surface area contributed by atoms with Crippen molar-refractivity contribution in [1.29, 1.82) is 0 Å². The molecule has 4 rings (SSSR count). The number of hydrogen-bond donors (Lipinski definition) is 1. The fourth-order valence-corrected chi connectivity index (χ4v) is 3.43. The Morgan fingerprint density at radius 2 is 2.21 bits per heavy atom. The highest BCUT2D eigenvalue weighted by Gasteiger charge is 2.26. The molecule has 1 unspecified atom stereocenters. The molecule has 1 aliphatic rings. The Balaban J connectivity index is 1.46. The third kappa shape index (κ3) is 3.09. The number of nitrogens with zero attached hydrogens (tertiary/aromatic N) is 7. The van der Waals surface area contributed by atoms with Gasteiger partial charge in [0.2, 0.25) is 0 Å². The van der Waals surface area contributed by atoms with Crippen LogP contribution in [0.15, 0.2) is 31.2 Å². The summed E-state index contributed by atoms with van der Waals surface area (Å²) in [5.74, 6) is 2.48. The van der Waals surface area contributed by atoms with E-state index in [2.05, 4.69) is 41.7 Å². The van der Waals surface area contributed by atoms with E-state index in [9.17, 15) is 0 Å². The van der Waals surface area contributed by atoms with Crippen molar-refractivity contribution >= 4 is 0 Å². The van der Waals surface area contributed by atoms with E-state index in [1.54, 1.807) is 18.9 Å². The van der Waals surface area contributed by atoms with Gasteiger partial charge in [0.15, 0.2) is 5.82 Å². The second kappa shape index (κ2) is 6.56. The second-order valence-corrected chi connectivity index (χ2v) is 6.42. The maximum Gasteiger partial charge on any atom is 0.152 e. The highest BCUT2D eigenvalue weighted by Crippen LogP contribution is 2.26. The largest absolute Gasteiger partial charge is 0.347 e. The third-order valence-corrected chi connectivity index (χ3v) is 4.70. The molecule has 0 bridgehead atoms. The van der Waals surface area contributed by atoms with Crippen LogP contribution in [0.3, 0.4) is 0 Å². The molecule has 0 saturated carbocycles. The second-order valence-electron chi connectivity index (χ2n) is 6.42. The van der Waals surface area contributed by atoms with E-state index in [1.165, 1.54) is 6.42 Å². The Morgan fingerprint density at radius 1 is 1.25 bits per heavy atom. The van der Waals surface area contributed by atoms with E-state index in [1.807, 2.05) is 17.0 Å². The van der Waals surface area contributed by atoms with Crippen LogP contribution in [0.5, 0.6) is 0 Å². The standard InChI is InChI=1S/C16H22N8/c1-22-15(10-24-6-4-17-12-24)20-21-16(22)13-3-2-5-23(8-13)9-14-7-18-11-19-14/h4,6-7,11-13H,2-3,5,8-10H2,1H3,(H,18,19). The Morgan fingerprint density at radius 3 is 3.00 bits per heavy atom. The van der Waals surface area contributed by atoms with Crippen molar-refractivity contribution in [2.24, 2.45) is 7.05 Å². The molecule has 0 amide bonds.